The summed E-state index contributed by atoms with van der Waals surface area (Å²) < 4.78 is 9.60. The molecule has 0 aromatic heterocycles. The van der Waals surface area contributed by atoms with Gasteiger partial charge in [0, 0.05) is 5.57 Å². The van der Waals surface area contributed by atoms with Crippen molar-refractivity contribution in [3.63, 3.8) is 0 Å². The third-order valence-corrected chi connectivity index (χ3v) is 1.15. The summed E-state index contributed by atoms with van der Waals surface area (Å²) in [6.07, 6.45) is 1.89. The second-order valence-corrected chi connectivity index (χ2v) is 2.74. The summed E-state index contributed by atoms with van der Waals surface area (Å²) in [5, 5.41) is 0. The molecule has 3 nitrogen and oxygen atoms in total. The molecule has 1 heterocycles. The van der Waals surface area contributed by atoms with Gasteiger partial charge in [-0.05, 0) is 13.8 Å². The lowest BCUT2D eigenvalue weighted by Gasteiger charge is -1.99. The zero-order valence-electron chi connectivity index (χ0n) is 9.62. The quantitative estimate of drug-likeness (QED) is 0.312. The molecule has 1 unspecified atom stereocenters. The first-order valence-electron chi connectivity index (χ1n) is 4.63. The maximum Gasteiger partial charge on any atom is 0.333 e. The fourth-order valence-corrected chi connectivity index (χ4v) is 0.456. The molecule has 86 valence electrons. The minimum Gasteiger partial charge on any atom is -0.459 e. The van der Waals surface area contributed by atoms with E-state index in [2.05, 4.69) is 26.3 Å². The standard InChI is InChI=1S/C7H10O3.C3H6.C2H4/c1-5(2)7(8)10-4-6-3-9-6;1-3-2;1-2/h6H,1,3-4H2,2H3;3H,1H2,2H3;1-2H2. The third kappa shape index (κ3) is 12.6. The molecule has 1 aliphatic rings. The number of hydrogen-bond donors (Lipinski definition) is 0. The van der Waals surface area contributed by atoms with Gasteiger partial charge >= 0.3 is 5.97 Å². The molecule has 1 atom stereocenters. The number of epoxide rings is 1. The van der Waals surface area contributed by atoms with Crippen LogP contribution in [-0.2, 0) is 14.3 Å². The van der Waals surface area contributed by atoms with Crippen molar-refractivity contribution < 1.29 is 14.3 Å². The highest BCUT2D eigenvalue weighted by Crippen LogP contribution is 2.09. The van der Waals surface area contributed by atoms with Crippen LogP contribution in [0.2, 0.25) is 0 Å². The summed E-state index contributed by atoms with van der Waals surface area (Å²) in [4.78, 5) is 10.7. The number of ether oxygens (including phenoxy) is 2. The predicted molar refractivity (Wildman–Crippen MR) is 62.6 cm³/mol. The number of carbonyl (C=O) groups is 1. The summed E-state index contributed by atoms with van der Waals surface area (Å²) in [5.41, 5.74) is 0.431. The van der Waals surface area contributed by atoms with Crippen molar-refractivity contribution in [2.45, 2.75) is 20.0 Å². The van der Waals surface area contributed by atoms with Crippen LogP contribution in [0.3, 0.4) is 0 Å². The van der Waals surface area contributed by atoms with Crippen LogP contribution in [0.5, 0.6) is 0 Å². The lowest BCUT2D eigenvalue weighted by atomic mass is 10.4. The molecule has 0 aromatic carbocycles. The van der Waals surface area contributed by atoms with Crippen molar-refractivity contribution >= 4 is 5.97 Å². The lowest BCUT2D eigenvalue weighted by Crippen LogP contribution is -2.09. The normalized spacial score (nSPS) is 15.7. The Bertz CT molecular complexity index is 205. The first kappa shape index (κ1) is 16.1. The molecule has 3 heteroatoms. The van der Waals surface area contributed by atoms with Crippen molar-refractivity contribution in [2.24, 2.45) is 0 Å². The molecule has 0 aliphatic carbocycles. The highest BCUT2D eigenvalue weighted by Gasteiger charge is 2.24. The molecule has 15 heavy (non-hydrogen) atoms. The zero-order valence-corrected chi connectivity index (χ0v) is 9.62. The van der Waals surface area contributed by atoms with Gasteiger partial charge in [-0.3, -0.25) is 0 Å². The van der Waals surface area contributed by atoms with Crippen LogP contribution < -0.4 is 0 Å². The fraction of sp³-hybridized carbons (Fsp3) is 0.417. The van der Waals surface area contributed by atoms with Crippen LogP contribution in [0.4, 0.5) is 0 Å². The van der Waals surface area contributed by atoms with Gasteiger partial charge in [0.25, 0.3) is 0 Å². The van der Waals surface area contributed by atoms with E-state index in [0.29, 0.717) is 18.8 Å². The Morgan fingerprint density at radius 1 is 1.60 bits per heavy atom. The first-order valence-corrected chi connectivity index (χ1v) is 4.63. The number of allylic oxidation sites excluding steroid dienone is 1. The molecule has 1 rings (SSSR count). The van der Waals surface area contributed by atoms with Crippen LogP contribution in [0, 0.1) is 0 Å². The van der Waals surface area contributed by atoms with Crippen molar-refractivity contribution in [3.05, 3.63) is 38.0 Å². The van der Waals surface area contributed by atoms with Gasteiger partial charge < -0.3 is 9.47 Å². The minimum absolute atomic E-state index is 0.142. The van der Waals surface area contributed by atoms with E-state index in [1.165, 1.54) is 0 Å². The number of rotatable bonds is 3. The van der Waals surface area contributed by atoms with Crippen molar-refractivity contribution in [3.8, 4) is 0 Å². The number of carbonyl (C=O) groups excluding carboxylic acids is 1. The molecule has 0 bridgehead atoms. The Morgan fingerprint density at radius 2 is 2.00 bits per heavy atom. The lowest BCUT2D eigenvalue weighted by molar-refractivity contribution is -0.139. The summed E-state index contributed by atoms with van der Waals surface area (Å²) in [7, 11) is 0. The first-order chi connectivity index (χ1) is 7.11. The molecule has 0 amide bonds. The van der Waals surface area contributed by atoms with E-state index < -0.39 is 0 Å². The highest BCUT2D eigenvalue weighted by atomic mass is 16.6. The smallest absolute Gasteiger partial charge is 0.333 e. The average Bonchev–Trinajstić information content (AvgIpc) is 3.02. The summed E-state index contributed by atoms with van der Waals surface area (Å²) in [6.45, 7) is 17.4. The molecular weight excluding hydrogens is 192 g/mol. The van der Waals surface area contributed by atoms with Gasteiger partial charge in [-0.15, -0.1) is 19.7 Å². The summed E-state index contributed by atoms with van der Waals surface area (Å²) in [5.74, 6) is -0.337. The van der Waals surface area contributed by atoms with Gasteiger partial charge in [-0.1, -0.05) is 12.7 Å². The van der Waals surface area contributed by atoms with Gasteiger partial charge in [0.2, 0.25) is 0 Å². The minimum atomic E-state index is -0.337. The Kier molecular flexibility index (Phi) is 11.5. The Balaban J connectivity index is 0. The van der Waals surface area contributed by atoms with E-state index in [9.17, 15) is 4.79 Å². The average molecular weight is 212 g/mol. The van der Waals surface area contributed by atoms with E-state index in [-0.39, 0.29) is 12.1 Å². The van der Waals surface area contributed by atoms with Gasteiger partial charge in [0.15, 0.2) is 0 Å². The zero-order chi connectivity index (χ0) is 12.3. The van der Waals surface area contributed by atoms with E-state index in [1.54, 1.807) is 13.0 Å². The van der Waals surface area contributed by atoms with Gasteiger partial charge in [-0.25, -0.2) is 4.79 Å². The second kappa shape index (κ2) is 10.7. The molecule has 1 aliphatic heterocycles. The number of esters is 1. The summed E-state index contributed by atoms with van der Waals surface area (Å²) >= 11 is 0. The van der Waals surface area contributed by atoms with Gasteiger partial charge in [0.1, 0.15) is 12.7 Å². The maximum absolute atomic E-state index is 10.7. The maximum atomic E-state index is 10.7. The van der Waals surface area contributed by atoms with E-state index >= 15 is 0 Å². The van der Waals surface area contributed by atoms with Crippen LogP contribution in [0.25, 0.3) is 0 Å². The van der Waals surface area contributed by atoms with Gasteiger partial charge in [-0.2, -0.15) is 0 Å². The van der Waals surface area contributed by atoms with Crippen LogP contribution in [-0.4, -0.2) is 25.3 Å². The molecule has 1 saturated heterocycles. The Hall–Kier alpha value is -1.35. The molecule has 1 fully saturated rings. The topological polar surface area (TPSA) is 38.8 Å². The van der Waals surface area contributed by atoms with E-state index in [4.69, 9.17) is 9.47 Å². The Morgan fingerprint density at radius 3 is 2.27 bits per heavy atom. The van der Waals surface area contributed by atoms with E-state index in [0.717, 1.165) is 0 Å². The SMILES string of the molecule is C=C.C=C(C)C(=O)OCC1CO1.C=CC. The van der Waals surface area contributed by atoms with Gasteiger partial charge in [0.05, 0.1) is 6.61 Å². The van der Waals surface area contributed by atoms with Crippen molar-refractivity contribution in [1.29, 1.82) is 0 Å². The molecular formula is C12H20O3. The van der Waals surface area contributed by atoms with Crippen LogP contribution in [0.1, 0.15) is 13.8 Å². The monoisotopic (exact) mass is 212 g/mol. The molecule has 0 radical (unpaired) electrons. The Labute approximate surface area is 92.1 Å². The summed E-state index contributed by atoms with van der Waals surface area (Å²) in [6, 6.07) is 0. The van der Waals surface area contributed by atoms with Crippen LogP contribution >= 0.6 is 0 Å². The molecule has 0 aromatic rings. The molecule has 0 N–H and O–H groups in total. The van der Waals surface area contributed by atoms with Crippen molar-refractivity contribution in [2.75, 3.05) is 13.2 Å². The second-order valence-electron chi connectivity index (χ2n) is 2.74. The molecule has 0 spiro atoms. The number of hydrogen-bond acceptors (Lipinski definition) is 3. The van der Waals surface area contributed by atoms with Crippen molar-refractivity contribution in [1.82, 2.24) is 0 Å². The van der Waals surface area contributed by atoms with E-state index in [1.807, 2.05) is 6.92 Å². The van der Waals surface area contributed by atoms with Crippen LogP contribution in [0.15, 0.2) is 38.0 Å². The molecule has 0 saturated carbocycles. The predicted octanol–water partition coefficient (Wildman–Crippen LogP) is 2.50. The highest BCUT2D eigenvalue weighted by molar-refractivity contribution is 5.86. The fourth-order valence-electron chi connectivity index (χ4n) is 0.456. The third-order valence-electron chi connectivity index (χ3n) is 1.15. The largest absolute Gasteiger partial charge is 0.459 e.